The highest BCUT2D eigenvalue weighted by Gasteiger charge is 2.35. The van der Waals surface area contributed by atoms with Crippen molar-refractivity contribution in [3.05, 3.63) is 29.3 Å². The van der Waals surface area contributed by atoms with E-state index in [4.69, 9.17) is 0 Å². The van der Waals surface area contributed by atoms with Gasteiger partial charge >= 0.3 is 6.18 Å². The number of alkyl halides is 3. The maximum atomic E-state index is 13.0. The van der Waals surface area contributed by atoms with Crippen molar-refractivity contribution in [2.75, 3.05) is 12.4 Å². The molecular formula is C15H19F3N2O. The second-order valence-electron chi connectivity index (χ2n) is 5.43. The number of hydrogen-bond donors (Lipinski definition) is 2. The molecule has 1 atom stereocenters. The largest absolute Gasteiger partial charge is 0.418 e. The Balaban J connectivity index is 2.24. The van der Waals surface area contributed by atoms with Crippen molar-refractivity contribution in [2.24, 2.45) is 5.92 Å². The maximum Gasteiger partial charge on any atom is 0.418 e. The van der Waals surface area contributed by atoms with Crippen LogP contribution in [-0.4, -0.2) is 19.0 Å². The van der Waals surface area contributed by atoms with Crippen molar-refractivity contribution < 1.29 is 18.0 Å². The molecule has 2 N–H and O–H groups in total. The summed E-state index contributed by atoms with van der Waals surface area (Å²) in [7, 11) is 1.39. The van der Waals surface area contributed by atoms with Gasteiger partial charge in [-0.3, -0.25) is 4.79 Å². The lowest BCUT2D eigenvalue weighted by Crippen LogP contribution is -2.41. The van der Waals surface area contributed by atoms with E-state index in [1.54, 1.807) is 0 Å². The smallest absolute Gasteiger partial charge is 0.387 e. The molecule has 0 spiro atoms. The van der Waals surface area contributed by atoms with Gasteiger partial charge in [0.15, 0.2) is 0 Å². The van der Waals surface area contributed by atoms with Crippen LogP contribution >= 0.6 is 0 Å². The third-order valence-corrected chi connectivity index (χ3v) is 4.08. The molecule has 2 rings (SSSR count). The van der Waals surface area contributed by atoms with Crippen LogP contribution in [0.15, 0.2) is 18.2 Å². The van der Waals surface area contributed by atoms with Crippen LogP contribution in [0.5, 0.6) is 0 Å². The molecule has 0 heterocycles. The highest BCUT2D eigenvalue weighted by Crippen LogP contribution is 2.36. The molecule has 1 aromatic carbocycles. The average molecular weight is 300 g/mol. The molecule has 21 heavy (non-hydrogen) atoms. The van der Waals surface area contributed by atoms with Crippen LogP contribution in [0.3, 0.4) is 0 Å². The van der Waals surface area contributed by atoms with Gasteiger partial charge in [-0.1, -0.05) is 12.5 Å². The number of nitrogens with one attached hydrogen (secondary N) is 2. The fourth-order valence-corrected chi connectivity index (χ4v) is 2.59. The van der Waals surface area contributed by atoms with Gasteiger partial charge in [0.25, 0.3) is 5.91 Å². The maximum absolute atomic E-state index is 13.0. The van der Waals surface area contributed by atoms with Crippen LogP contribution in [0.2, 0.25) is 0 Å². The van der Waals surface area contributed by atoms with Gasteiger partial charge < -0.3 is 10.6 Å². The van der Waals surface area contributed by atoms with Crippen LogP contribution in [0.4, 0.5) is 18.9 Å². The Hall–Kier alpha value is -1.72. The van der Waals surface area contributed by atoms with Gasteiger partial charge in [0.05, 0.1) is 16.8 Å². The normalized spacial score (nSPS) is 17.0. The second kappa shape index (κ2) is 5.95. The van der Waals surface area contributed by atoms with E-state index in [1.807, 2.05) is 6.92 Å². The number of para-hydroxylation sites is 1. The van der Waals surface area contributed by atoms with E-state index in [1.165, 1.54) is 19.2 Å². The van der Waals surface area contributed by atoms with Gasteiger partial charge in [0.2, 0.25) is 0 Å². The van der Waals surface area contributed by atoms with Gasteiger partial charge in [0, 0.05) is 13.1 Å². The number of halogens is 3. The minimum Gasteiger partial charge on any atom is -0.387 e. The summed E-state index contributed by atoms with van der Waals surface area (Å²) in [5.41, 5.74) is -0.976. The van der Waals surface area contributed by atoms with E-state index in [9.17, 15) is 18.0 Å². The Bertz CT molecular complexity index is 524. The molecule has 1 amide bonds. The van der Waals surface area contributed by atoms with Crippen molar-refractivity contribution in [1.29, 1.82) is 0 Å². The van der Waals surface area contributed by atoms with Crippen molar-refractivity contribution in [1.82, 2.24) is 5.32 Å². The summed E-state index contributed by atoms with van der Waals surface area (Å²) < 4.78 is 38.9. The molecule has 0 aliphatic heterocycles. The Labute approximate surface area is 121 Å². The summed E-state index contributed by atoms with van der Waals surface area (Å²) in [6.45, 7) is 1.90. The number of anilines is 1. The summed E-state index contributed by atoms with van der Waals surface area (Å²) in [4.78, 5) is 12.2. The first-order chi connectivity index (χ1) is 9.84. The summed E-state index contributed by atoms with van der Waals surface area (Å²) in [5, 5.41) is 5.31. The van der Waals surface area contributed by atoms with Gasteiger partial charge in [-0.2, -0.15) is 13.2 Å². The summed E-state index contributed by atoms with van der Waals surface area (Å²) in [6, 6.07) is 3.61. The molecule has 1 aromatic rings. The lowest BCUT2D eigenvalue weighted by atomic mass is 9.80. The van der Waals surface area contributed by atoms with E-state index in [2.05, 4.69) is 10.6 Å². The van der Waals surface area contributed by atoms with Gasteiger partial charge in [-0.05, 0) is 37.8 Å². The molecule has 0 bridgehead atoms. The lowest BCUT2D eigenvalue weighted by Gasteiger charge is -2.32. The molecule has 1 aliphatic rings. The molecule has 1 fully saturated rings. The number of hydrogen-bond acceptors (Lipinski definition) is 2. The second-order valence-corrected chi connectivity index (χ2v) is 5.43. The topological polar surface area (TPSA) is 41.1 Å². The molecule has 1 aliphatic carbocycles. The summed E-state index contributed by atoms with van der Waals surface area (Å²) >= 11 is 0. The lowest BCUT2D eigenvalue weighted by molar-refractivity contribution is -0.136. The molecule has 1 unspecified atom stereocenters. The average Bonchev–Trinajstić information content (AvgIpc) is 2.34. The van der Waals surface area contributed by atoms with Crippen LogP contribution in [-0.2, 0) is 6.18 Å². The zero-order chi connectivity index (χ0) is 15.6. The van der Waals surface area contributed by atoms with Crippen LogP contribution in [0, 0.1) is 5.92 Å². The Kier molecular flexibility index (Phi) is 4.44. The third kappa shape index (κ3) is 3.31. The molecule has 0 aromatic heterocycles. The number of rotatable bonds is 4. The third-order valence-electron chi connectivity index (χ3n) is 4.08. The van der Waals surface area contributed by atoms with Crippen LogP contribution in [0.1, 0.15) is 42.1 Å². The van der Waals surface area contributed by atoms with Crippen molar-refractivity contribution in [3.63, 3.8) is 0 Å². The number of benzene rings is 1. The fourth-order valence-electron chi connectivity index (χ4n) is 2.59. The Morgan fingerprint density at radius 3 is 2.48 bits per heavy atom. The van der Waals surface area contributed by atoms with Gasteiger partial charge in [-0.25, -0.2) is 0 Å². The molecule has 0 radical (unpaired) electrons. The monoisotopic (exact) mass is 300 g/mol. The SMILES string of the molecule is CNc1c(C(=O)NC(C)C2CCC2)cccc1C(F)(F)F. The zero-order valence-corrected chi connectivity index (χ0v) is 12.1. The van der Waals surface area contributed by atoms with Gasteiger partial charge in [-0.15, -0.1) is 0 Å². The van der Waals surface area contributed by atoms with Gasteiger partial charge in [0.1, 0.15) is 0 Å². The molecule has 3 nitrogen and oxygen atoms in total. The van der Waals surface area contributed by atoms with Crippen molar-refractivity contribution in [2.45, 2.75) is 38.4 Å². The van der Waals surface area contributed by atoms with E-state index in [0.717, 1.165) is 25.3 Å². The number of carbonyl (C=O) groups is 1. The first-order valence-electron chi connectivity index (χ1n) is 7.03. The highest BCUT2D eigenvalue weighted by molar-refractivity contribution is 6.00. The molecule has 1 saturated carbocycles. The Morgan fingerprint density at radius 1 is 1.33 bits per heavy atom. The first kappa shape index (κ1) is 15.7. The van der Waals surface area contributed by atoms with E-state index in [0.29, 0.717) is 5.92 Å². The zero-order valence-electron chi connectivity index (χ0n) is 12.1. The minimum absolute atomic E-state index is 0.0227. The van der Waals surface area contributed by atoms with Crippen LogP contribution in [0.25, 0.3) is 0 Å². The summed E-state index contributed by atoms with van der Waals surface area (Å²) in [5.74, 6) is -0.0392. The standard InChI is InChI=1S/C15H19F3N2O/c1-9(10-5-3-6-10)20-14(21)11-7-4-8-12(13(11)19-2)15(16,17)18/h4,7-10,19H,3,5-6H2,1-2H3,(H,20,21). The first-order valence-corrected chi connectivity index (χ1v) is 7.03. The molecular weight excluding hydrogens is 281 g/mol. The van der Waals surface area contributed by atoms with E-state index in [-0.39, 0.29) is 17.3 Å². The van der Waals surface area contributed by atoms with E-state index < -0.39 is 17.6 Å². The predicted octanol–water partition coefficient (Wildman–Crippen LogP) is 3.67. The highest BCUT2D eigenvalue weighted by atomic mass is 19.4. The summed E-state index contributed by atoms with van der Waals surface area (Å²) in [6.07, 6.45) is -1.23. The van der Waals surface area contributed by atoms with Crippen molar-refractivity contribution in [3.8, 4) is 0 Å². The fraction of sp³-hybridized carbons (Fsp3) is 0.533. The number of carbonyl (C=O) groups excluding carboxylic acids is 1. The molecule has 0 saturated heterocycles. The predicted molar refractivity (Wildman–Crippen MR) is 75.3 cm³/mol. The van der Waals surface area contributed by atoms with Crippen molar-refractivity contribution >= 4 is 11.6 Å². The molecule has 6 heteroatoms. The number of amides is 1. The molecule has 116 valence electrons. The van der Waals surface area contributed by atoms with E-state index >= 15 is 0 Å². The minimum atomic E-state index is -4.49. The quantitative estimate of drug-likeness (QED) is 0.891. The van der Waals surface area contributed by atoms with Crippen LogP contribution < -0.4 is 10.6 Å². The Morgan fingerprint density at radius 2 is 2.00 bits per heavy atom.